The molecule has 1 saturated carbocycles. The highest BCUT2D eigenvalue weighted by atomic mass is 15.3. The summed E-state index contributed by atoms with van der Waals surface area (Å²) in [6.07, 6.45) is 13.0. The molecule has 1 aromatic heterocycles. The van der Waals surface area contributed by atoms with E-state index in [1.165, 1.54) is 73.5 Å². The van der Waals surface area contributed by atoms with Crippen molar-refractivity contribution in [3.8, 4) is 0 Å². The van der Waals surface area contributed by atoms with Crippen LogP contribution in [-0.2, 0) is 25.9 Å². The van der Waals surface area contributed by atoms with Crippen molar-refractivity contribution in [2.24, 2.45) is 0 Å². The summed E-state index contributed by atoms with van der Waals surface area (Å²) in [5.41, 5.74) is 6.67. The first-order valence-electron chi connectivity index (χ1n) is 12.3. The first-order chi connectivity index (χ1) is 15.3. The van der Waals surface area contributed by atoms with E-state index in [0.29, 0.717) is 0 Å². The number of rotatable bonds is 6. The SMILES string of the molecule is CCc1nc(C2=CC=CCc3ccccc32)n(CC)c1CN1CCN(C2CCC2)CC1. The van der Waals surface area contributed by atoms with Crippen LogP contribution in [0.3, 0.4) is 0 Å². The zero-order valence-electron chi connectivity index (χ0n) is 19.2. The average molecular weight is 417 g/mol. The molecule has 4 heteroatoms. The van der Waals surface area contributed by atoms with Crippen molar-refractivity contribution in [1.82, 2.24) is 19.4 Å². The lowest BCUT2D eigenvalue weighted by Crippen LogP contribution is -2.52. The number of imidazole rings is 1. The minimum absolute atomic E-state index is 0.872. The predicted molar refractivity (Wildman–Crippen MR) is 128 cm³/mol. The van der Waals surface area contributed by atoms with Crippen molar-refractivity contribution in [1.29, 1.82) is 0 Å². The van der Waals surface area contributed by atoms with E-state index < -0.39 is 0 Å². The summed E-state index contributed by atoms with van der Waals surface area (Å²) >= 11 is 0. The molecule has 1 saturated heterocycles. The molecule has 164 valence electrons. The van der Waals surface area contributed by atoms with Crippen LogP contribution in [0.2, 0.25) is 0 Å². The number of allylic oxidation sites excluding steroid dienone is 3. The zero-order valence-corrected chi connectivity index (χ0v) is 19.2. The van der Waals surface area contributed by atoms with E-state index in [-0.39, 0.29) is 0 Å². The second kappa shape index (κ2) is 9.13. The third kappa shape index (κ3) is 4.04. The molecule has 2 aromatic rings. The Morgan fingerprint density at radius 1 is 1.03 bits per heavy atom. The van der Waals surface area contributed by atoms with E-state index >= 15 is 0 Å². The van der Waals surface area contributed by atoms with Crippen molar-refractivity contribution in [2.45, 2.75) is 65.1 Å². The number of aromatic nitrogens is 2. The molecule has 0 bridgehead atoms. The second-order valence-corrected chi connectivity index (χ2v) is 9.19. The first kappa shape index (κ1) is 20.7. The maximum Gasteiger partial charge on any atom is 0.141 e. The lowest BCUT2D eigenvalue weighted by Gasteiger charge is -2.43. The number of nitrogens with zero attached hydrogens (tertiary/aromatic N) is 4. The van der Waals surface area contributed by atoms with Crippen molar-refractivity contribution in [2.75, 3.05) is 26.2 Å². The largest absolute Gasteiger partial charge is 0.327 e. The molecule has 3 aliphatic rings. The van der Waals surface area contributed by atoms with Gasteiger partial charge in [-0.05, 0) is 43.7 Å². The van der Waals surface area contributed by atoms with Gasteiger partial charge in [0.1, 0.15) is 5.82 Å². The molecular weight excluding hydrogens is 380 g/mol. The first-order valence-corrected chi connectivity index (χ1v) is 12.3. The Kier molecular flexibility index (Phi) is 6.10. The van der Waals surface area contributed by atoms with Gasteiger partial charge in [-0.25, -0.2) is 4.98 Å². The van der Waals surface area contributed by atoms with Crippen LogP contribution in [0, 0.1) is 0 Å². The molecule has 0 spiro atoms. The van der Waals surface area contributed by atoms with E-state index in [1.54, 1.807) is 0 Å². The molecule has 1 aromatic carbocycles. The second-order valence-electron chi connectivity index (χ2n) is 9.19. The number of benzene rings is 1. The summed E-state index contributed by atoms with van der Waals surface area (Å²) < 4.78 is 2.49. The van der Waals surface area contributed by atoms with Crippen LogP contribution in [0.25, 0.3) is 5.57 Å². The normalized spacial score (nSPS) is 20.3. The van der Waals surface area contributed by atoms with Gasteiger partial charge in [-0.1, -0.05) is 55.8 Å². The summed E-state index contributed by atoms with van der Waals surface area (Å²) in [6.45, 7) is 11.3. The summed E-state index contributed by atoms with van der Waals surface area (Å²) in [6, 6.07) is 9.68. The molecule has 0 amide bonds. The lowest BCUT2D eigenvalue weighted by molar-refractivity contribution is 0.0577. The predicted octanol–water partition coefficient (Wildman–Crippen LogP) is 4.68. The monoisotopic (exact) mass is 416 g/mol. The highest BCUT2D eigenvalue weighted by molar-refractivity contribution is 5.80. The summed E-state index contributed by atoms with van der Waals surface area (Å²) in [5, 5.41) is 0. The van der Waals surface area contributed by atoms with Crippen LogP contribution in [0.5, 0.6) is 0 Å². The van der Waals surface area contributed by atoms with E-state index in [0.717, 1.165) is 37.8 Å². The summed E-state index contributed by atoms with van der Waals surface area (Å²) in [5.74, 6) is 1.14. The molecule has 4 nitrogen and oxygen atoms in total. The lowest BCUT2D eigenvalue weighted by atomic mass is 9.91. The van der Waals surface area contributed by atoms with Crippen LogP contribution < -0.4 is 0 Å². The maximum absolute atomic E-state index is 5.22. The quantitative estimate of drug-likeness (QED) is 0.683. The molecule has 5 rings (SSSR count). The third-order valence-electron chi connectivity index (χ3n) is 7.46. The van der Waals surface area contributed by atoms with E-state index in [2.05, 4.69) is 70.7 Å². The molecule has 0 radical (unpaired) electrons. The van der Waals surface area contributed by atoms with Gasteiger partial charge < -0.3 is 4.57 Å². The Balaban J connectivity index is 1.42. The van der Waals surface area contributed by atoms with Crippen LogP contribution >= 0.6 is 0 Å². The van der Waals surface area contributed by atoms with Crippen molar-refractivity contribution < 1.29 is 0 Å². The summed E-state index contributed by atoms with van der Waals surface area (Å²) in [4.78, 5) is 10.6. The van der Waals surface area contributed by atoms with E-state index in [9.17, 15) is 0 Å². The molecule has 2 fully saturated rings. The van der Waals surface area contributed by atoms with E-state index in [1.807, 2.05) is 0 Å². The molecule has 0 N–H and O–H groups in total. The summed E-state index contributed by atoms with van der Waals surface area (Å²) in [7, 11) is 0. The minimum Gasteiger partial charge on any atom is -0.327 e. The van der Waals surface area contributed by atoms with Gasteiger partial charge in [-0.2, -0.15) is 0 Å². The van der Waals surface area contributed by atoms with Gasteiger partial charge in [-0.3, -0.25) is 9.80 Å². The van der Waals surface area contributed by atoms with Gasteiger partial charge in [-0.15, -0.1) is 0 Å². The Hall–Kier alpha value is -2.17. The average Bonchev–Trinajstić information content (AvgIpc) is 2.96. The fourth-order valence-electron chi connectivity index (χ4n) is 5.40. The number of hydrogen-bond donors (Lipinski definition) is 0. The Bertz CT molecular complexity index is 971. The Labute approximate surface area is 187 Å². The molecule has 0 unspecified atom stereocenters. The molecule has 0 atom stereocenters. The molecule has 1 aliphatic heterocycles. The third-order valence-corrected chi connectivity index (χ3v) is 7.46. The molecule has 2 aliphatic carbocycles. The maximum atomic E-state index is 5.22. The fraction of sp³-hybridized carbons (Fsp3) is 0.519. The number of piperazine rings is 1. The standard InChI is InChI=1S/C27H36N4/c1-3-25-26(20-29-16-18-30(19-17-29)22-12-9-13-22)31(4-2)27(28-25)24-15-8-6-11-21-10-5-7-14-23(21)24/h5-8,10,14-15,22H,3-4,9,11-13,16-20H2,1-2H3. The van der Waals surface area contributed by atoms with Gasteiger partial charge in [0.05, 0.1) is 11.4 Å². The van der Waals surface area contributed by atoms with Crippen molar-refractivity contribution in [3.63, 3.8) is 0 Å². The van der Waals surface area contributed by atoms with Gasteiger partial charge in [0.2, 0.25) is 0 Å². The zero-order chi connectivity index (χ0) is 21.2. The molecule has 31 heavy (non-hydrogen) atoms. The van der Waals surface area contributed by atoms with Crippen LogP contribution in [0.15, 0.2) is 42.5 Å². The number of aryl methyl sites for hydroxylation is 1. The van der Waals surface area contributed by atoms with Crippen molar-refractivity contribution >= 4 is 5.57 Å². The van der Waals surface area contributed by atoms with Crippen LogP contribution in [0.1, 0.15) is 61.4 Å². The topological polar surface area (TPSA) is 24.3 Å². The minimum atomic E-state index is 0.872. The van der Waals surface area contributed by atoms with Crippen LogP contribution in [-0.4, -0.2) is 51.6 Å². The van der Waals surface area contributed by atoms with Crippen molar-refractivity contribution in [3.05, 3.63) is 70.8 Å². The smallest absolute Gasteiger partial charge is 0.141 e. The Morgan fingerprint density at radius 3 is 2.55 bits per heavy atom. The van der Waals surface area contributed by atoms with Crippen LogP contribution in [0.4, 0.5) is 0 Å². The number of fused-ring (bicyclic) bond motifs is 1. The van der Waals surface area contributed by atoms with Gasteiger partial charge in [0, 0.05) is 50.9 Å². The van der Waals surface area contributed by atoms with Gasteiger partial charge in [0.15, 0.2) is 0 Å². The Morgan fingerprint density at radius 2 is 1.84 bits per heavy atom. The number of hydrogen-bond acceptors (Lipinski definition) is 3. The molecule has 2 heterocycles. The highest BCUT2D eigenvalue weighted by Crippen LogP contribution is 2.31. The highest BCUT2D eigenvalue weighted by Gasteiger charge is 2.29. The van der Waals surface area contributed by atoms with E-state index in [4.69, 9.17) is 4.98 Å². The van der Waals surface area contributed by atoms with Gasteiger partial charge in [0.25, 0.3) is 0 Å². The van der Waals surface area contributed by atoms with Gasteiger partial charge >= 0.3 is 0 Å². The molecular formula is C27H36N4. The fourth-order valence-corrected chi connectivity index (χ4v) is 5.40.